The van der Waals surface area contributed by atoms with Crippen LogP contribution < -0.4 is 5.32 Å². The fourth-order valence-electron chi connectivity index (χ4n) is 1.68. The van der Waals surface area contributed by atoms with Gasteiger partial charge in [0.1, 0.15) is 11.0 Å². The predicted octanol–water partition coefficient (Wildman–Crippen LogP) is 4.49. The van der Waals surface area contributed by atoms with Crippen molar-refractivity contribution in [2.75, 3.05) is 11.9 Å². The summed E-state index contributed by atoms with van der Waals surface area (Å²) in [5.74, 6) is -3.79. The van der Waals surface area contributed by atoms with Gasteiger partial charge in [-0.25, -0.2) is 9.18 Å². The SMILES string of the molecule is CCOC(=O)c1c(Cl)cc(C)c(NC(=O)C(C)(C)C(F)(F)F)c1F. The van der Waals surface area contributed by atoms with Gasteiger partial charge in [0.15, 0.2) is 5.82 Å². The van der Waals surface area contributed by atoms with Crippen molar-refractivity contribution >= 4 is 29.2 Å². The monoisotopic (exact) mass is 369 g/mol. The lowest BCUT2D eigenvalue weighted by molar-refractivity contribution is -0.208. The minimum atomic E-state index is -4.84. The Balaban J connectivity index is 3.34. The van der Waals surface area contributed by atoms with E-state index in [1.165, 1.54) is 13.8 Å². The van der Waals surface area contributed by atoms with Crippen LogP contribution in [-0.2, 0) is 9.53 Å². The number of esters is 1. The molecule has 134 valence electrons. The second kappa shape index (κ2) is 6.96. The van der Waals surface area contributed by atoms with Crippen molar-refractivity contribution in [3.8, 4) is 0 Å². The summed E-state index contributed by atoms with van der Waals surface area (Å²) in [5.41, 5.74) is -3.89. The van der Waals surface area contributed by atoms with E-state index in [-0.39, 0.29) is 17.2 Å². The highest BCUT2D eigenvalue weighted by molar-refractivity contribution is 6.34. The Kier molecular flexibility index (Phi) is 5.86. The van der Waals surface area contributed by atoms with E-state index in [1.807, 2.05) is 5.32 Å². The molecular formula is C15H16ClF4NO3. The third-order valence-corrected chi connectivity index (χ3v) is 3.71. The van der Waals surface area contributed by atoms with E-state index < -0.39 is 40.5 Å². The molecule has 0 unspecified atom stereocenters. The number of anilines is 1. The second-order valence-electron chi connectivity index (χ2n) is 5.54. The molecule has 0 saturated heterocycles. The molecule has 0 spiro atoms. The molecule has 0 bridgehead atoms. The van der Waals surface area contributed by atoms with Crippen molar-refractivity contribution in [3.05, 3.63) is 28.0 Å². The van der Waals surface area contributed by atoms with E-state index in [0.717, 1.165) is 6.07 Å². The van der Waals surface area contributed by atoms with E-state index in [1.54, 1.807) is 0 Å². The van der Waals surface area contributed by atoms with Gasteiger partial charge in [-0.1, -0.05) is 11.6 Å². The zero-order chi connectivity index (χ0) is 18.9. The number of benzene rings is 1. The van der Waals surface area contributed by atoms with Crippen LogP contribution in [0.5, 0.6) is 0 Å². The normalized spacial score (nSPS) is 12.0. The molecular weight excluding hydrogens is 354 g/mol. The predicted molar refractivity (Wildman–Crippen MR) is 80.6 cm³/mol. The maximum absolute atomic E-state index is 14.5. The zero-order valence-electron chi connectivity index (χ0n) is 13.4. The van der Waals surface area contributed by atoms with Gasteiger partial charge in [0.25, 0.3) is 0 Å². The molecule has 0 aliphatic heterocycles. The average Bonchev–Trinajstić information content (AvgIpc) is 2.41. The van der Waals surface area contributed by atoms with Gasteiger partial charge in [0, 0.05) is 0 Å². The number of hydrogen-bond acceptors (Lipinski definition) is 3. The molecule has 4 nitrogen and oxygen atoms in total. The topological polar surface area (TPSA) is 55.4 Å². The molecule has 0 aromatic heterocycles. The fourth-order valence-corrected chi connectivity index (χ4v) is 2.00. The van der Waals surface area contributed by atoms with Gasteiger partial charge < -0.3 is 10.1 Å². The Labute approximate surface area is 141 Å². The first kappa shape index (κ1) is 20.2. The van der Waals surface area contributed by atoms with Crippen molar-refractivity contribution in [1.29, 1.82) is 0 Å². The first-order valence-electron chi connectivity index (χ1n) is 6.88. The number of hydrogen-bond donors (Lipinski definition) is 1. The number of ether oxygens (including phenoxy) is 1. The average molecular weight is 370 g/mol. The third kappa shape index (κ3) is 3.80. The minimum Gasteiger partial charge on any atom is -0.462 e. The Morgan fingerprint density at radius 3 is 2.29 bits per heavy atom. The number of aryl methyl sites for hydroxylation is 1. The lowest BCUT2D eigenvalue weighted by atomic mass is 9.91. The van der Waals surface area contributed by atoms with Crippen LogP contribution in [0.15, 0.2) is 6.07 Å². The van der Waals surface area contributed by atoms with Crippen LogP contribution in [0, 0.1) is 18.2 Å². The van der Waals surface area contributed by atoms with E-state index in [4.69, 9.17) is 11.6 Å². The fraction of sp³-hybridized carbons (Fsp3) is 0.467. The number of amides is 1. The summed E-state index contributed by atoms with van der Waals surface area (Å²) in [5, 5.41) is 1.62. The first-order valence-corrected chi connectivity index (χ1v) is 7.26. The molecule has 0 heterocycles. The Hall–Kier alpha value is -1.83. The van der Waals surface area contributed by atoms with Crippen molar-refractivity contribution in [2.24, 2.45) is 5.41 Å². The van der Waals surface area contributed by atoms with Crippen LogP contribution in [-0.4, -0.2) is 24.7 Å². The maximum atomic E-state index is 14.5. The lowest BCUT2D eigenvalue weighted by Crippen LogP contribution is -2.43. The molecule has 1 amide bonds. The first-order chi connectivity index (χ1) is 10.8. The van der Waals surface area contributed by atoms with Gasteiger partial charge in [0.05, 0.1) is 17.3 Å². The van der Waals surface area contributed by atoms with Crippen LogP contribution in [0.2, 0.25) is 5.02 Å². The minimum absolute atomic E-state index is 0.0503. The molecule has 0 aliphatic carbocycles. The number of carbonyl (C=O) groups excluding carboxylic acids is 2. The smallest absolute Gasteiger partial charge is 0.402 e. The molecule has 1 aromatic rings. The van der Waals surface area contributed by atoms with Crippen molar-refractivity contribution < 1.29 is 31.9 Å². The molecule has 0 aliphatic rings. The molecule has 0 fully saturated rings. The zero-order valence-corrected chi connectivity index (χ0v) is 14.2. The van der Waals surface area contributed by atoms with Crippen LogP contribution in [0.25, 0.3) is 0 Å². The number of carbonyl (C=O) groups is 2. The highest BCUT2D eigenvalue weighted by Crippen LogP contribution is 2.39. The molecule has 1 aromatic carbocycles. The largest absolute Gasteiger partial charge is 0.462 e. The van der Waals surface area contributed by atoms with Crippen LogP contribution in [0.1, 0.15) is 36.7 Å². The van der Waals surface area contributed by atoms with E-state index in [0.29, 0.717) is 13.8 Å². The molecule has 1 N–H and O–H groups in total. The van der Waals surface area contributed by atoms with Gasteiger partial charge in [0.2, 0.25) is 5.91 Å². The third-order valence-electron chi connectivity index (χ3n) is 3.41. The van der Waals surface area contributed by atoms with E-state index in [9.17, 15) is 27.2 Å². The second-order valence-corrected chi connectivity index (χ2v) is 5.94. The highest BCUT2D eigenvalue weighted by Gasteiger charge is 2.53. The van der Waals surface area contributed by atoms with Crippen molar-refractivity contribution in [1.82, 2.24) is 0 Å². The van der Waals surface area contributed by atoms with Gasteiger partial charge in [-0.05, 0) is 39.3 Å². The number of halogens is 5. The Morgan fingerprint density at radius 1 is 1.29 bits per heavy atom. The summed E-state index contributed by atoms with van der Waals surface area (Å²) in [6.45, 7) is 4.10. The molecule has 24 heavy (non-hydrogen) atoms. The summed E-state index contributed by atoms with van der Waals surface area (Å²) in [6.07, 6.45) is -4.84. The highest BCUT2D eigenvalue weighted by atomic mass is 35.5. The number of alkyl halides is 3. The summed E-state index contributed by atoms with van der Waals surface area (Å²) in [7, 11) is 0. The summed E-state index contributed by atoms with van der Waals surface area (Å²) in [4.78, 5) is 23.7. The van der Waals surface area contributed by atoms with Gasteiger partial charge in [-0.15, -0.1) is 0 Å². The van der Waals surface area contributed by atoms with Crippen LogP contribution in [0.3, 0.4) is 0 Å². The van der Waals surface area contributed by atoms with E-state index in [2.05, 4.69) is 4.74 Å². The summed E-state index contributed by atoms with van der Waals surface area (Å²) in [6, 6.07) is 1.16. The van der Waals surface area contributed by atoms with Crippen molar-refractivity contribution in [3.63, 3.8) is 0 Å². The Bertz CT molecular complexity index is 672. The summed E-state index contributed by atoms with van der Waals surface area (Å²) < 4.78 is 57.9. The molecule has 0 saturated carbocycles. The quantitative estimate of drug-likeness (QED) is 0.628. The molecule has 0 radical (unpaired) electrons. The van der Waals surface area contributed by atoms with E-state index >= 15 is 0 Å². The van der Waals surface area contributed by atoms with Gasteiger partial charge in [-0.2, -0.15) is 13.2 Å². The molecule has 1 rings (SSSR count). The Morgan fingerprint density at radius 2 is 1.83 bits per heavy atom. The number of nitrogens with one attached hydrogen (secondary N) is 1. The number of rotatable bonds is 4. The van der Waals surface area contributed by atoms with Gasteiger partial charge in [-0.3, -0.25) is 4.79 Å². The molecule has 0 atom stereocenters. The van der Waals surface area contributed by atoms with Gasteiger partial charge >= 0.3 is 12.1 Å². The molecule has 9 heteroatoms. The lowest BCUT2D eigenvalue weighted by Gasteiger charge is -2.27. The maximum Gasteiger partial charge on any atom is 0.402 e. The van der Waals surface area contributed by atoms with Crippen LogP contribution >= 0.6 is 11.6 Å². The van der Waals surface area contributed by atoms with Crippen molar-refractivity contribution in [2.45, 2.75) is 33.9 Å². The standard InChI is InChI=1S/C15H16ClF4NO3/c1-5-24-12(22)9-8(16)6-7(2)11(10(9)17)21-13(23)14(3,4)15(18,19)20/h6H,5H2,1-4H3,(H,21,23). The summed E-state index contributed by atoms with van der Waals surface area (Å²) >= 11 is 5.80. The van der Waals surface area contributed by atoms with Crippen LogP contribution in [0.4, 0.5) is 23.2 Å².